The van der Waals surface area contributed by atoms with E-state index < -0.39 is 0 Å². The number of benzene rings is 1. The van der Waals surface area contributed by atoms with Gasteiger partial charge in [-0.05, 0) is 25.0 Å². The van der Waals surface area contributed by atoms with E-state index in [0.717, 1.165) is 37.5 Å². The highest BCUT2D eigenvalue weighted by atomic mass is 35.5. The van der Waals surface area contributed by atoms with Crippen molar-refractivity contribution in [1.82, 2.24) is 34.8 Å². The molecule has 3 heterocycles. The summed E-state index contributed by atoms with van der Waals surface area (Å²) >= 11 is 12.6. The van der Waals surface area contributed by atoms with Crippen LogP contribution in [0.15, 0.2) is 18.2 Å². The molecule has 1 aromatic carbocycles. The molecule has 0 radical (unpaired) electrons. The van der Waals surface area contributed by atoms with Crippen LogP contribution >= 0.6 is 23.2 Å². The third-order valence-electron chi connectivity index (χ3n) is 4.94. The minimum atomic E-state index is -0.382. The first-order valence-corrected chi connectivity index (χ1v) is 10.4. The molecule has 10 heteroatoms. The van der Waals surface area contributed by atoms with E-state index in [1.165, 1.54) is 11.1 Å². The van der Waals surface area contributed by atoms with Crippen molar-refractivity contribution in [2.24, 2.45) is 0 Å². The molecule has 0 saturated carbocycles. The Bertz CT molecular complexity index is 1020. The summed E-state index contributed by atoms with van der Waals surface area (Å²) in [6.45, 7) is 3.08. The number of fused-ring (bicyclic) bond motifs is 1. The van der Waals surface area contributed by atoms with E-state index in [1.54, 1.807) is 18.2 Å². The highest BCUT2D eigenvalue weighted by Gasteiger charge is 2.21. The Hall–Kier alpha value is -2.45. The van der Waals surface area contributed by atoms with Gasteiger partial charge >= 0.3 is 0 Å². The van der Waals surface area contributed by atoms with Gasteiger partial charge in [-0.25, -0.2) is 9.67 Å². The van der Waals surface area contributed by atoms with Crippen LogP contribution in [0, 0.1) is 0 Å². The molecule has 0 atom stereocenters. The molecule has 0 saturated heterocycles. The van der Waals surface area contributed by atoms with Gasteiger partial charge in [0.15, 0.2) is 5.82 Å². The molecule has 1 aliphatic heterocycles. The fourth-order valence-corrected chi connectivity index (χ4v) is 4.01. The van der Waals surface area contributed by atoms with Gasteiger partial charge in [-0.15, -0.1) is 15.3 Å². The molecule has 29 heavy (non-hydrogen) atoms. The number of halogens is 2. The van der Waals surface area contributed by atoms with Crippen molar-refractivity contribution >= 4 is 29.1 Å². The molecule has 0 bridgehead atoms. The summed E-state index contributed by atoms with van der Waals surface area (Å²) in [7, 11) is 0. The first kappa shape index (κ1) is 19.8. The maximum atomic E-state index is 12.7. The molecule has 0 unspecified atom stereocenters. The Balaban J connectivity index is 1.54. The summed E-state index contributed by atoms with van der Waals surface area (Å²) < 4.78 is 3.63. The van der Waals surface area contributed by atoms with Gasteiger partial charge in [0.1, 0.15) is 17.3 Å². The first-order chi connectivity index (χ1) is 14.1. The summed E-state index contributed by atoms with van der Waals surface area (Å²) in [5.74, 6) is 2.01. The van der Waals surface area contributed by atoms with Crippen LogP contribution in [0.25, 0.3) is 5.69 Å². The van der Waals surface area contributed by atoms with E-state index in [4.69, 9.17) is 23.2 Å². The Kier molecular flexibility index (Phi) is 5.82. The van der Waals surface area contributed by atoms with Gasteiger partial charge in [-0.1, -0.05) is 42.6 Å². The van der Waals surface area contributed by atoms with Gasteiger partial charge in [-0.2, -0.15) is 0 Å². The standard InChI is InChI=1S/C19H21Cl2N7O/c1-2-14-23-18(26-28(14)17-12(20)7-6-8-13(17)21)19(29)22-11-16-25-24-15-9-4-3-5-10-27(15)16/h6-8H,2-5,9-11H2,1H3,(H,22,29). The molecule has 4 rings (SSSR count). The molecule has 1 aliphatic rings. The van der Waals surface area contributed by atoms with Crippen LogP contribution in [-0.2, 0) is 25.9 Å². The highest BCUT2D eigenvalue weighted by Crippen LogP contribution is 2.28. The van der Waals surface area contributed by atoms with Crippen LogP contribution in [0.2, 0.25) is 10.0 Å². The lowest BCUT2D eigenvalue weighted by Crippen LogP contribution is -2.26. The molecule has 0 fully saturated rings. The smallest absolute Gasteiger partial charge is 0.291 e. The van der Waals surface area contributed by atoms with Gasteiger partial charge < -0.3 is 9.88 Å². The maximum absolute atomic E-state index is 12.7. The van der Waals surface area contributed by atoms with Crippen molar-refractivity contribution in [2.45, 2.75) is 52.1 Å². The summed E-state index contributed by atoms with van der Waals surface area (Å²) in [5.41, 5.74) is 0.516. The SMILES string of the molecule is CCc1nc(C(=O)NCc2nnc3n2CCCCC3)nn1-c1c(Cl)cccc1Cl. The van der Waals surface area contributed by atoms with E-state index in [-0.39, 0.29) is 18.3 Å². The molecule has 0 spiro atoms. The van der Waals surface area contributed by atoms with Gasteiger partial charge in [0.2, 0.25) is 5.82 Å². The largest absolute Gasteiger partial charge is 0.342 e. The van der Waals surface area contributed by atoms with E-state index in [9.17, 15) is 4.79 Å². The van der Waals surface area contributed by atoms with Gasteiger partial charge in [0, 0.05) is 19.4 Å². The number of nitrogens with zero attached hydrogens (tertiary/aromatic N) is 6. The predicted octanol–water partition coefficient (Wildman–Crippen LogP) is 3.38. The minimum Gasteiger partial charge on any atom is -0.342 e. The van der Waals surface area contributed by atoms with Crippen molar-refractivity contribution in [1.29, 1.82) is 0 Å². The highest BCUT2D eigenvalue weighted by molar-refractivity contribution is 6.37. The monoisotopic (exact) mass is 433 g/mol. The molecule has 0 aliphatic carbocycles. The second-order valence-electron chi connectivity index (χ2n) is 6.86. The lowest BCUT2D eigenvalue weighted by molar-refractivity contribution is 0.0939. The number of hydrogen-bond donors (Lipinski definition) is 1. The second kappa shape index (κ2) is 8.51. The van der Waals surface area contributed by atoms with Crippen molar-refractivity contribution in [3.8, 4) is 5.69 Å². The summed E-state index contributed by atoms with van der Waals surface area (Å²) in [4.78, 5) is 17.1. The first-order valence-electron chi connectivity index (χ1n) is 9.68. The number of rotatable bonds is 5. The molecule has 1 amide bonds. The summed E-state index contributed by atoms with van der Waals surface area (Å²) in [6.07, 6.45) is 4.89. The molecule has 1 N–H and O–H groups in total. The normalized spacial score (nSPS) is 13.8. The van der Waals surface area contributed by atoms with Crippen LogP contribution in [0.3, 0.4) is 0 Å². The van der Waals surface area contributed by atoms with Gasteiger partial charge in [0.25, 0.3) is 5.91 Å². The van der Waals surface area contributed by atoms with E-state index in [0.29, 0.717) is 28.0 Å². The third-order valence-corrected chi connectivity index (χ3v) is 5.55. The number of hydrogen-bond acceptors (Lipinski definition) is 5. The molecular formula is C19H21Cl2N7O. The molecule has 152 valence electrons. The lowest BCUT2D eigenvalue weighted by atomic mass is 10.2. The van der Waals surface area contributed by atoms with Gasteiger partial charge in [0.05, 0.1) is 16.6 Å². The average molecular weight is 434 g/mol. The second-order valence-corrected chi connectivity index (χ2v) is 7.68. The number of aromatic nitrogens is 6. The van der Waals surface area contributed by atoms with Crippen molar-refractivity contribution < 1.29 is 4.79 Å². The third kappa shape index (κ3) is 4.00. The Morgan fingerprint density at radius 1 is 1.14 bits per heavy atom. The molecular weight excluding hydrogens is 413 g/mol. The quantitative estimate of drug-likeness (QED) is 0.665. The molecule has 2 aromatic heterocycles. The average Bonchev–Trinajstić information content (AvgIpc) is 3.23. The maximum Gasteiger partial charge on any atom is 0.291 e. The number of carbonyl (C=O) groups is 1. The van der Waals surface area contributed by atoms with Gasteiger partial charge in [-0.3, -0.25) is 4.79 Å². The topological polar surface area (TPSA) is 90.5 Å². The zero-order valence-corrected chi connectivity index (χ0v) is 17.5. The molecule has 3 aromatic rings. The number of nitrogens with one attached hydrogen (secondary N) is 1. The number of carbonyl (C=O) groups excluding carboxylic acids is 1. The zero-order valence-electron chi connectivity index (χ0n) is 16.0. The van der Waals surface area contributed by atoms with E-state index >= 15 is 0 Å². The fourth-order valence-electron chi connectivity index (χ4n) is 3.45. The Labute approximate surface area is 178 Å². The predicted molar refractivity (Wildman–Crippen MR) is 110 cm³/mol. The summed E-state index contributed by atoms with van der Waals surface area (Å²) in [6, 6.07) is 5.20. The number of amides is 1. The summed E-state index contributed by atoms with van der Waals surface area (Å²) in [5, 5.41) is 16.6. The lowest BCUT2D eigenvalue weighted by Gasteiger charge is -2.08. The van der Waals surface area contributed by atoms with Crippen LogP contribution < -0.4 is 5.32 Å². The van der Waals surface area contributed by atoms with E-state index in [2.05, 4.69) is 30.2 Å². The number of aryl methyl sites for hydroxylation is 2. The van der Waals surface area contributed by atoms with Crippen LogP contribution in [0.5, 0.6) is 0 Å². The van der Waals surface area contributed by atoms with Crippen molar-refractivity contribution in [3.05, 3.63) is 51.5 Å². The Morgan fingerprint density at radius 2 is 1.93 bits per heavy atom. The van der Waals surface area contributed by atoms with Crippen molar-refractivity contribution in [3.63, 3.8) is 0 Å². The fraction of sp³-hybridized carbons (Fsp3) is 0.421. The van der Waals surface area contributed by atoms with Crippen molar-refractivity contribution in [2.75, 3.05) is 0 Å². The van der Waals surface area contributed by atoms with Crippen LogP contribution in [0.4, 0.5) is 0 Å². The van der Waals surface area contributed by atoms with E-state index in [1.807, 2.05) is 6.92 Å². The van der Waals surface area contributed by atoms with Crippen LogP contribution in [0.1, 0.15) is 54.3 Å². The molecule has 8 nitrogen and oxygen atoms in total. The number of para-hydroxylation sites is 1. The Morgan fingerprint density at radius 3 is 2.69 bits per heavy atom. The zero-order chi connectivity index (χ0) is 20.4. The minimum absolute atomic E-state index is 0.0634. The van der Waals surface area contributed by atoms with Crippen LogP contribution in [-0.4, -0.2) is 35.4 Å².